The van der Waals surface area contributed by atoms with Crippen LogP contribution in [-0.2, 0) is 0 Å². The first kappa shape index (κ1) is 11.6. The third-order valence-corrected chi connectivity index (χ3v) is 2.65. The summed E-state index contributed by atoms with van der Waals surface area (Å²) in [5.41, 5.74) is 8.01. The smallest absolute Gasteiger partial charge is 0.120 e. The summed E-state index contributed by atoms with van der Waals surface area (Å²) in [6.07, 6.45) is 0. The molecule has 2 aromatic carbocycles. The molecule has 0 radical (unpaired) electrons. The second kappa shape index (κ2) is 4.97. The van der Waals surface area contributed by atoms with E-state index in [1.165, 1.54) is 0 Å². The van der Waals surface area contributed by atoms with Crippen molar-refractivity contribution < 1.29 is 4.74 Å². The molecular formula is C13H13ClN2O. The lowest BCUT2D eigenvalue weighted by molar-refractivity contribution is 0.415. The number of hydrogen-bond donors (Lipinski definition) is 2. The maximum atomic E-state index is 6.08. The van der Waals surface area contributed by atoms with Gasteiger partial charge in [0.15, 0.2) is 0 Å². The fourth-order valence-corrected chi connectivity index (χ4v) is 1.73. The van der Waals surface area contributed by atoms with E-state index in [2.05, 4.69) is 5.32 Å². The van der Waals surface area contributed by atoms with Crippen molar-refractivity contribution in [1.82, 2.24) is 0 Å². The van der Waals surface area contributed by atoms with Gasteiger partial charge in [-0.15, -0.1) is 0 Å². The number of rotatable bonds is 3. The molecule has 0 spiro atoms. The molecule has 0 heterocycles. The van der Waals surface area contributed by atoms with Crippen molar-refractivity contribution in [3.05, 3.63) is 47.5 Å². The van der Waals surface area contributed by atoms with Gasteiger partial charge in [-0.25, -0.2) is 0 Å². The number of nitrogens with two attached hydrogens (primary N) is 1. The molecule has 0 unspecified atom stereocenters. The van der Waals surface area contributed by atoms with Gasteiger partial charge in [-0.1, -0.05) is 17.7 Å². The van der Waals surface area contributed by atoms with Gasteiger partial charge in [0.2, 0.25) is 0 Å². The summed E-state index contributed by atoms with van der Waals surface area (Å²) in [4.78, 5) is 0. The molecule has 2 rings (SSSR count). The van der Waals surface area contributed by atoms with Gasteiger partial charge in [0.25, 0.3) is 0 Å². The highest BCUT2D eigenvalue weighted by Crippen LogP contribution is 2.28. The van der Waals surface area contributed by atoms with Gasteiger partial charge < -0.3 is 15.8 Å². The first-order valence-corrected chi connectivity index (χ1v) is 5.53. The molecule has 2 aromatic rings. The van der Waals surface area contributed by atoms with Crippen molar-refractivity contribution in [3.8, 4) is 5.75 Å². The molecule has 3 N–H and O–H groups in total. The molecule has 17 heavy (non-hydrogen) atoms. The van der Waals surface area contributed by atoms with Gasteiger partial charge in [-0.2, -0.15) is 0 Å². The third-order valence-electron chi connectivity index (χ3n) is 2.34. The number of anilines is 3. The molecule has 0 aromatic heterocycles. The lowest BCUT2D eigenvalue weighted by Gasteiger charge is -2.10. The lowest BCUT2D eigenvalue weighted by atomic mass is 10.2. The van der Waals surface area contributed by atoms with E-state index >= 15 is 0 Å². The van der Waals surface area contributed by atoms with E-state index in [0.717, 1.165) is 17.1 Å². The number of hydrogen-bond acceptors (Lipinski definition) is 3. The van der Waals surface area contributed by atoms with Crippen LogP contribution in [0.1, 0.15) is 0 Å². The van der Waals surface area contributed by atoms with Crippen LogP contribution in [0.2, 0.25) is 5.02 Å². The number of nitrogen functional groups attached to an aromatic ring is 1. The lowest BCUT2D eigenvalue weighted by Crippen LogP contribution is -1.93. The molecule has 0 aliphatic heterocycles. The van der Waals surface area contributed by atoms with Crippen LogP contribution >= 0.6 is 11.6 Å². The van der Waals surface area contributed by atoms with Crippen molar-refractivity contribution in [2.45, 2.75) is 0 Å². The Labute approximate surface area is 105 Å². The van der Waals surface area contributed by atoms with Crippen molar-refractivity contribution in [2.75, 3.05) is 18.2 Å². The quantitative estimate of drug-likeness (QED) is 0.815. The second-order valence-electron chi connectivity index (χ2n) is 3.60. The van der Waals surface area contributed by atoms with Crippen LogP contribution in [0.25, 0.3) is 0 Å². The molecule has 4 heteroatoms. The Hall–Kier alpha value is -1.87. The van der Waals surface area contributed by atoms with E-state index in [0.29, 0.717) is 10.7 Å². The minimum absolute atomic E-state index is 0.591. The van der Waals surface area contributed by atoms with Crippen molar-refractivity contribution in [3.63, 3.8) is 0 Å². The molecule has 0 fully saturated rings. The predicted molar refractivity (Wildman–Crippen MR) is 72.1 cm³/mol. The molecule has 0 amide bonds. The van der Waals surface area contributed by atoms with E-state index in [1.54, 1.807) is 19.2 Å². The first-order valence-electron chi connectivity index (χ1n) is 5.15. The van der Waals surface area contributed by atoms with Crippen LogP contribution in [0.4, 0.5) is 17.1 Å². The average molecular weight is 249 g/mol. The Bertz CT molecular complexity index is 529. The van der Waals surface area contributed by atoms with Crippen LogP contribution in [0.5, 0.6) is 5.75 Å². The van der Waals surface area contributed by atoms with Crippen LogP contribution in [0.15, 0.2) is 42.5 Å². The molecule has 88 valence electrons. The maximum absolute atomic E-state index is 6.08. The van der Waals surface area contributed by atoms with E-state index in [9.17, 15) is 0 Å². The van der Waals surface area contributed by atoms with Gasteiger partial charge in [-0.05, 0) is 30.3 Å². The fourth-order valence-electron chi connectivity index (χ4n) is 1.49. The normalized spacial score (nSPS) is 10.0. The minimum Gasteiger partial charge on any atom is -0.497 e. The molecule has 0 saturated carbocycles. The molecule has 0 aliphatic carbocycles. The molecule has 0 bridgehead atoms. The second-order valence-corrected chi connectivity index (χ2v) is 4.00. The largest absolute Gasteiger partial charge is 0.497 e. The van der Waals surface area contributed by atoms with Crippen LogP contribution in [-0.4, -0.2) is 7.11 Å². The number of benzene rings is 2. The molecular weight excluding hydrogens is 236 g/mol. The van der Waals surface area contributed by atoms with E-state index in [-0.39, 0.29) is 0 Å². The summed E-state index contributed by atoms with van der Waals surface area (Å²) in [5.74, 6) is 0.793. The van der Waals surface area contributed by atoms with Crippen molar-refractivity contribution in [2.24, 2.45) is 0 Å². The van der Waals surface area contributed by atoms with Crippen molar-refractivity contribution >= 4 is 28.7 Å². The summed E-state index contributed by atoms with van der Waals surface area (Å²) in [7, 11) is 1.63. The van der Waals surface area contributed by atoms with Crippen molar-refractivity contribution in [1.29, 1.82) is 0 Å². The van der Waals surface area contributed by atoms with Gasteiger partial charge in [-0.3, -0.25) is 0 Å². The van der Waals surface area contributed by atoms with E-state index in [1.807, 2.05) is 30.3 Å². The monoisotopic (exact) mass is 248 g/mol. The standard InChI is InChI=1S/C13H13ClN2O/c1-17-11-4-2-3-10(8-11)16-13-6-5-9(15)7-12(13)14/h2-8,16H,15H2,1H3. The Morgan fingerprint density at radius 3 is 2.71 bits per heavy atom. The van der Waals surface area contributed by atoms with Gasteiger partial charge in [0.05, 0.1) is 17.8 Å². The van der Waals surface area contributed by atoms with Crippen LogP contribution in [0, 0.1) is 0 Å². The highest BCUT2D eigenvalue weighted by atomic mass is 35.5. The molecule has 0 atom stereocenters. The Morgan fingerprint density at radius 2 is 2.00 bits per heavy atom. The summed E-state index contributed by atoms with van der Waals surface area (Å²) in [5, 5.41) is 3.80. The predicted octanol–water partition coefficient (Wildman–Crippen LogP) is 3.67. The number of nitrogens with one attached hydrogen (secondary N) is 1. The number of methoxy groups -OCH3 is 1. The SMILES string of the molecule is COc1cccc(Nc2ccc(N)cc2Cl)c1. The van der Waals surface area contributed by atoms with Crippen LogP contribution < -0.4 is 15.8 Å². The highest BCUT2D eigenvalue weighted by Gasteiger charge is 2.01. The number of halogens is 1. The Kier molecular flexibility index (Phi) is 3.40. The fraction of sp³-hybridized carbons (Fsp3) is 0.0769. The van der Waals surface area contributed by atoms with Gasteiger partial charge in [0.1, 0.15) is 5.75 Å². The minimum atomic E-state index is 0.591. The number of ether oxygens (including phenoxy) is 1. The zero-order chi connectivity index (χ0) is 12.3. The molecule has 3 nitrogen and oxygen atoms in total. The highest BCUT2D eigenvalue weighted by molar-refractivity contribution is 6.33. The summed E-state index contributed by atoms with van der Waals surface area (Å²) >= 11 is 6.08. The maximum Gasteiger partial charge on any atom is 0.120 e. The zero-order valence-corrected chi connectivity index (χ0v) is 10.2. The third kappa shape index (κ3) is 2.82. The van der Waals surface area contributed by atoms with Gasteiger partial charge in [0, 0.05) is 17.4 Å². The zero-order valence-electron chi connectivity index (χ0n) is 9.41. The van der Waals surface area contributed by atoms with E-state index in [4.69, 9.17) is 22.1 Å². The van der Waals surface area contributed by atoms with Gasteiger partial charge >= 0.3 is 0 Å². The first-order chi connectivity index (χ1) is 8.19. The molecule has 0 saturated heterocycles. The summed E-state index contributed by atoms with van der Waals surface area (Å²) in [6, 6.07) is 13.0. The summed E-state index contributed by atoms with van der Waals surface area (Å²) < 4.78 is 5.15. The Balaban J connectivity index is 2.25. The topological polar surface area (TPSA) is 47.3 Å². The Morgan fingerprint density at radius 1 is 1.18 bits per heavy atom. The summed E-state index contributed by atoms with van der Waals surface area (Å²) in [6.45, 7) is 0. The van der Waals surface area contributed by atoms with Crippen LogP contribution in [0.3, 0.4) is 0 Å². The molecule has 0 aliphatic rings. The average Bonchev–Trinajstić information content (AvgIpc) is 2.33. The van der Waals surface area contributed by atoms with E-state index < -0.39 is 0 Å².